The number of carbonyl (C=O) groups is 1. The van der Waals surface area contributed by atoms with Gasteiger partial charge in [-0.25, -0.2) is 0 Å². The van der Waals surface area contributed by atoms with Crippen molar-refractivity contribution >= 4 is 27.5 Å². The van der Waals surface area contributed by atoms with Crippen LogP contribution in [0.4, 0.5) is 0 Å². The minimum absolute atomic E-state index is 0. The molecule has 3 aromatic carbocycles. The topological polar surface area (TPSA) is 59.4 Å². The van der Waals surface area contributed by atoms with E-state index in [-0.39, 0.29) is 31.9 Å². The van der Waals surface area contributed by atoms with E-state index in [0.29, 0.717) is 0 Å². The summed E-state index contributed by atoms with van der Waals surface area (Å²) < 4.78 is 12.9. The normalized spacial score (nSPS) is 12.4. The Bertz CT molecular complexity index is 1340. The number of ketones is 1. The van der Waals surface area contributed by atoms with E-state index in [1.807, 2.05) is 30.3 Å². The molecule has 1 aliphatic rings. The Balaban J connectivity index is 0.000000263. The van der Waals surface area contributed by atoms with Crippen LogP contribution in [-0.4, -0.2) is 15.9 Å². The average molecular weight is 576 g/mol. The van der Waals surface area contributed by atoms with Crippen LogP contribution in [0.2, 0.25) is 0 Å². The summed E-state index contributed by atoms with van der Waals surface area (Å²) in [4.78, 5) is 15.0. The third kappa shape index (κ3) is 4.13. The molecule has 0 atom stereocenters. The van der Waals surface area contributed by atoms with Gasteiger partial charge in [-0.2, -0.15) is 0 Å². The molecule has 0 amide bonds. The maximum Gasteiger partial charge on any atom is 0.155 e. The maximum absolute atomic E-state index is 10.2. The van der Waals surface area contributed by atoms with Crippen LogP contribution in [0.25, 0.3) is 32.9 Å². The first kappa shape index (κ1) is 20.3. The first-order valence-corrected chi connectivity index (χ1v) is 9.26. The Morgan fingerprint density at radius 2 is 1.93 bits per heavy atom. The third-order valence-corrected chi connectivity index (χ3v) is 4.65. The molecule has 0 bridgehead atoms. The Hall–Kier alpha value is -3.01. The molecule has 153 valence electrons. The Kier molecular flexibility index (Phi) is 5.93. The average Bonchev–Trinajstić information content (AvgIpc) is 2.73. The van der Waals surface area contributed by atoms with Gasteiger partial charge in [0.15, 0.2) is 5.78 Å². The number of aliphatic hydroxyl groups is 1. The molecule has 1 N–H and O–H groups in total. The van der Waals surface area contributed by atoms with Crippen LogP contribution in [-0.2, 0) is 24.9 Å². The van der Waals surface area contributed by atoms with Gasteiger partial charge in [0.05, 0.1) is 18.4 Å². The monoisotopic (exact) mass is 576 g/mol. The minimum Gasteiger partial charge on any atom is -0.512 e. The van der Waals surface area contributed by atoms with Crippen LogP contribution in [0.3, 0.4) is 0 Å². The van der Waals surface area contributed by atoms with Crippen molar-refractivity contribution in [3.63, 3.8) is 0 Å². The van der Waals surface area contributed by atoms with E-state index in [4.69, 9.17) is 16.2 Å². The van der Waals surface area contributed by atoms with E-state index in [1.54, 1.807) is 0 Å². The van der Waals surface area contributed by atoms with Gasteiger partial charge in [0.2, 0.25) is 0 Å². The molecule has 5 heteroatoms. The molecule has 1 radical (unpaired) electrons. The van der Waals surface area contributed by atoms with E-state index in [1.165, 1.54) is 19.4 Å². The summed E-state index contributed by atoms with van der Waals surface area (Å²) in [6.45, 7) is 4.64. The van der Waals surface area contributed by atoms with Crippen molar-refractivity contribution in [1.82, 2.24) is 4.98 Å². The molecule has 1 aliphatic heterocycles. The van der Waals surface area contributed by atoms with Crippen LogP contribution >= 0.6 is 0 Å². The fourth-order valence-corrected chi connectivity index (χ4v) is 3.47. The SMILES string of the molecule is Cc1cccc2nc3c(cc12)Oc1cccc2cc[c-]c-3c12.[2H]/C(C(C)=O)=C(\C)O.[Ir]. The zero-order valence-electron chi connectivity index (χ0n) is 17.7. The van der Waals surface area contributed by atoms with Gasteiger partial charge in [0.25, 0.3) is 0 Å². The molecule has 30 heavy (non-hydrogen) atoms. The number of rotatable bonds is 1. The van der Waals surface area contributed by atoms with Crippen molar-refractivity contribution in [2.24, 2.45) is 0 Å². The molecule has 0 spiro atoms. The number of fused-ring (bicyclic) bond motifs is 3. The van der Waals surface area contributed by atoms with Crippen molar-refractivity contribution in [3.8, 4) is 22.8 Å². The number of hydrogen-bond acceptors (Lipinski definition) is 4. The van der Waals surface area contributed by atoms with Crippen molar-refractivity contribution in [1.29, 1.82) is 0 Å². The Labute approximate surface area is 190 Å². The fourth-order valence-electron chi connectivity index (χ4n) is 3.47. The molecule has 0 saturated carbocycles. The fraction of sp³-hybridized carbons (Fsp3) is 0.120. The quantitative estimate of drug-likeness (QED) is 0.145. The van der Waals surface area contributed by atoms with Crippen LogP contribution in [0.5, 0.6) is 11.5 Å². The molecule has 1 aromatic heterocycles. The second-order valence-electron chi connectivity index (χ2n) is 6.92. The van der Waals surface area contributed by atoms with Gasteiger partial charge in [0, 0.05) is 37.2 Å². The number of nitrogens with zero attached hydrogens (tertiary/aromatic N) is 1. The van der Waals surface area contributed by atoms with Gasteiger partial charge in [0.1, 0.15) is 5.75 Å². The molecule has 0 unspecified atom stereocenters. The molecule has 4 nitrogen and oxygen atoms in total. The van der Waals surface area contributed by atoms with Crippen molar-refractivity contribution in [2.45, 2.75) is 20.8 Å². The summed E-state index contributed by atoms with van der Waals surface area (Å²) >= 11 is 0. The number of benzene rings is 3. The third-order valence-electron chi connectivity index (χ3n) is 4.65. The summed E-state index contributed by atoms with van der Waals surface area (Å²) in [5.41, 5.74) is 4.10. The van der Waals surface area contributed by atoms with Crippen LogP contribution in [0.15, 0.2) is 66.4 Å². The summed E-state index contributed by atoms with van der Waals surface area (Å²) in [6, 6.07) is 21.4. The number of carbonyl (C=O) groups excluding carboxylic acids is 1. The Morgan fingerprint density at radius 3 is 2.63 bits per heavy atom. The van der Waals surface area contributed by atoms with Crippen LogP contribution in [0.1, 0.15) is 20.8 Å². The zero-order valence-corrected chi connectivity index (χ0v) is 19.1. The molecule has 2 heterocycles. The van der Waals surface area contributed by atoms with Crippen molar-refractivity contribution < 1.29 is 36.1 Å². The summed E-state index contributed by atoms with van der Waals surface area (Å²) in [7, 11) is 0. The van der Waals surface area contributed by atoms with E-state index in [0.717, 1.165) is 44.4 Å². The van der Waals surface area contributed by atoms with E-state index in [9.17, 15) is 4.79 Å². The number of aliphatic hydroxyl groups excluding tert-OH is 1. The summed E-state index contributed by atoms with van der Waals surface area (Å²) in [6.07, 6.45) is 0. The summed E-state index contributed by atoms with van der Waals surface area (Å²) in [5, 5.41) is 11.8. The van der Waals surface area contributed by atoms with E-state index < -0.39 is 5.78 Å². The predicted molar refractivity (Wildman–Crippen MR) is 115 cm³/mol. The number of pyridine rings is 1. The first-order chi connectivity index (χ1) is 14.4. The van der Waals surface area contributed by atoms with Gasteiger partial charge in [-0.05, 0) is 44.5 Å². The molecule has 0 fully saturated rings. The van der Waals surface area contributed by atoms with Crippen molar-refractivity contribution in [3.05, 3.63) is 78.0 Å². The van der Waals surface area contributed by atoms with Gasteiger partial charge in [-0.3, -0.25) is 9.78 Å². The number of allylic oxidation sites excluding steroid dienone is 2. The van der Waals surface area contributed by atoms with Gasteiger partial charge >= 0.3 is 0 Å². The predicted octanol–water partition coefficient (Wildman–Crippen LogP) is 6.30. The number of ether oxygens (including phenoxy) is 1. The number of aromatic nitrogens is 1. The first-order valence-electron chi connectivity index (χ1n) is 9.76. The van der Waals surface area contributed by atoms with Gasteiger partial charge in [-0.15, -0.1) is 23.8 Å². The smallest absolute Gasteiger partial charge is 0.155 e. The van der Waals surface area contributed by atoms with E-state index in [2.05, 4.69) is 37.3 Å². The van der Waals surface area contributed by atoms with Crippen LogP contribution < -0.4 is 4.74 Å². The summed E-state index contributed by atoms with van der Waals surface area (Å²) in [5.74, 6) is 1.05. The maximum atomic E-state index is 10.2. The number of aryl methyl sites for hydroxylation is 1. The molecular formula is C25H20IrNO3-. The second kappa shape index (κ2) is 8.78. The second-order valence-corrected chi connectivity index (χ2v) is 6.92. The van der Waals surface area contributed by atoms with Crippen molar-refractivity contribution in [2.75, 3.05) is 0 Å². The standard InChI is InChI=1S/C20H12NO.C5H8O2.Ir/c1-12-5-2-9-16-15(12)11-18-20(21-16)14-8-3-6-13-7-4-10-17(22-18)19(13)14;1-4(6)3-5(2)7;/h2-7,9-11H,1H3;3,6H,1-2H3;/q-1;;/b;4-3-;/i;3D;. The molecule has 5 rings (SSSR count). The minimum atomic E-state index is -0.412. The van der Waals surface area contributed by atoms with Gasteiger partial charge < -0.3 is 9.84 Å². The Morgan fingerprint density at radius 1 is 1.17 bits per heavy atom. The molecule has 4 aromatic rings. The number of hydrogen-bond donors (Lipinski definition) is 1. The largest absolute Gasteiger partial charge is 0.512 e. The van der Waals surface area contributed by atoms with Gasteiger partial charge in [-0.1, -0.05) is 35.0 Å². The molecule has 0 saturated heterocycles. The molecule has 0 aliphatic carbocycles. The van der Waals surface area contributed by atoms with E-state index >= 15 is 0 Å². The van der Waals surface area contributed by atoms with Crippen LogP contribution in [0, 0.1) is 13.0 Å². The zero-order chi connectivity index (χ0) is 21.4. The molecular weight excluding hydrogens is 554 g/mol.